The van der Waals surface area contributed by atoms with Gasteiger partial charge in [0.1, 0.15) is 11.4 Å². The summed E-state index contributed by atoms with van der Waals surface area (Å²) >= 11 is 13.2. The number of phenols is 2. The maximum Gasteiger partial charge on any atom is 0.294 e. The SMILES string of the molecule is Cc1ccc(N=Nc2ccc3cc(S(=O)(=O)O)cc(Nc4nc(Cl)nc(N(c5ccc(S(=O)(=O)CCN(C)C)cc5)c5nc(Cl)nc(Nc6cc(S(=O)(=O)O)cc7ccc(N=Nc8ccc(C)cc8)c(O)c67)n5)n4)c3c2O)cc1. The predicted molar refractivity (Wildman–Crippen MR) is 297 cm³/mol. The van der Waals surface area contributed by atoms with Gasteiger partial charge in [0.2, 0.25) is 34.4 Å². The Morgan fingerprint density at radius 1 is 0.519 bits per heavy atom. The predicted octanol–water partition coefficient (Wildman–Crippen LogP) is 11.3. The number of rotatable bonds is 17. The molecule has 9 aromatic rings. The van der Waals surface area contributed by atoms with Crippen LogP contribution in [0.1, 0.15) is 11.1 Å². The minimum absolute atomic E-state index is 0.0215. The van der Waals surface area contributed by atoms with Crippen molar-refractivity contribution in [3.8, 4) is 11.5 Å². The summed E-state index contributed by atoms with van der Waals surface area (Å²) in [7, 11) is -10.1. The Morgan fingerprint density at radius 2 is 0.937 bits per heavy atom. The molecular weight excluding hydrogens is 1120 g/mol. The third kappa shape index (κ3) is 12.8. The molecule has 404 valence electrons. The Labute approximate surface area is 460 Å². The highest BCUT2D eigenvalue weighted by Gasteiger charge is 2.26. The van der Waals surface area contributed by atoms with Gasteiger partial charge in [-0.2, -0.15) is 57.0 Å². The van der Waals surface area contributed by atoms with Crippen LogP contribution in [0.3, 0.4) is 0 Å². The molecule has 0 spiro atoms. The summed E-state index contributed by atoms with van der Waals surface area (Å²) in [4.78, 5) is 27.8. The van der Waals surface area contributed by atoms with Crippen LogP contribution in [-0.4, -0.2) is 106 Å². The van der Waals surface area contributed by atoms with Crippen LogP contribution < -0.4 is 15.5 Å². The molecule has 7 aromatic carbocycles. The number of hydrogen-bond acceptors (Lipinski definition) is 22. The average Bonchev–Trinajstić information content (AvgIpc) is 3.50. The van der Waals surface area contributed by atoms with E-state index in [1.165, 1.54) is 48.5 Å². The van der Waals surface area contributed by atoms with Crippen LogP contribution in [0.4, 0.5) is 63.6 Å². The summed E-state index contributed by atoms with van der Waals surface area (Å²) in [6.07, 6.45) is 0. The number of nitrogens with zero attached hydrogens (tertiary/aromatic N) is 12. The van der Waals surface area contributed by atoms with Crippen molar-refractivity contribution in [2.24, 2.45) is 20.5 Å². The number of fused-ring (bicyclic) bond motifs is 2. The average molecular weight is 1170 g/mol. The maximum atomic E-state index is 13.4. The molecule has 0 fully saturated rings. The molecule has 79 heavy (non-hydrogen) atoms. The van der Waals surface area contributed by atoms with Gasteiger partial charge in [-0.3, -0.25) is 9.11 Å². The molecule has 0 aliphatic heterocycles. The molecule has 0 atom stereocenters. The number of azo groups is 2. The van der Waals surface area contributed by atoms with Crippen LogP contribution in [0.15, 0.2) is 156 Å². The lowest BCUT2D eigenvalue weighted by Gasteiger charge is -2.22. The van der Waals surface area contributed by atoms with E-state index in [1.54, 1.807) is 43.3 Å². The lowest BCUT2D eigenvalue weighted by molar-refractivity contribution is 0.432. The molecule has 0 bridgehead atoms. The second-order valence-corrected chi connectivity index (χ2v) is 23.3. The Kier molecular flexibility index (Phi) is 15.5. The molecule has 2 heterocycles. The number of benzene rings is 7. The molecule has 24 nitrogen and oxygen atoms in total. The third-order valence-electron chi connectivity index (χ3n) is 11.6. The van der Waals surface area contributed by atoms with Crippen LogP contribution in [0.5, 0.6) is 11.5 Å². The van der Waals surface area contributed by atoms with Crippen molar-refractivity contribution in [1.82, 2.24) is 34.8 Å². The first-order valence-corrected chi connectivity index (χ1v) is 28.3. The fourth-order valence-corrected chi connectivity index (χ4v) is 10.5. The van der Waals surface area contributed by atoms with Crippen molar-refractivity contribution in [1.29, 1.82) is 0 Å². The molecule has 29 heteroatoms. The highest BCUT2D eigenvalue weighted by Crippen LogP contribution is 2.44. The summed E-state index contributed by atoms with van der Waals surface area (Å²) in [5.74, 6) is -2.75. The van der Waals surface area contributed by atoms with Crippen molar-refractivity contribution in [3.63, 3.8) is 0 Å². The Hall–Kier alpha value is -8.41. The van der Waals surface area contributed by atoms with Gasteiger partial charge < -0.3 is 25.7 Å². The summed E-state index contributed by atoms with van der Waals surface area (Å²) < 4.78 is 97.8. The highest BCUT2D eigenvalue weighted by atomic mass is 35.5. The van der Waals surface area contributed by atoms with Gasteiger partial charge in [0.25, 0.3) is 20.2 Å². The molecule has 0 aliphatic rings. The second kappa shape index (κ2) is 22.1. The van der Waals surface area contributed by atoms with Crippen LogP contribution >= 0.6 is 23.2 Å². The van der Waals surface area contributed by atoms with Crippen LogP contribution in [0, 0.1) is 13.8 Å². The van der Waals surface area contributed by atoms with Crippen molar-refractivity contribution in [3.05, 3.63) is 143 Å². The maximum absolute atomic E-state index is 13.4. The van der Waals surface area contributed by atoms with Gasteiger partial charge in [0, 0.05) is 17.3 Å². The summed E-state index contributed by atoms with van der Waals surface area (Å²) in [5.41, 5.74) is 2.55. The lowest BCUT2D eigenvalue weighted by atomic mass is 10.1. The van der Waals surface area contributed by atoms with Crippen LogP contribution in [0.25, 0.3) is 21.5 Å². The molecule has 6 N–H and O–H groups in total. The fourth-order valence-electron chi connectivity index (χ4n) is 7.69. The van der Waals surface area contributed by atoms with E-state index in [1.807, 2.05) is 38.1 Å². The van der Waals surface area contributed by atoms with E-state index in [0.29, 0.717) is 11.4 Å². The third-order valence-corrected chi connectivity index (χ3v) is 15.4. The summed E-state index contributed by atoms with van der Waals surface area (Å²) in [6, 6.07) is 29.4. The number of nitrogens with one attached hydrogen (secondary N) is 2. The minimum Gasteiger partial charge on any atom is -0.505 e. The quantitative estimate of drug-likeness (QED) is 0.0364. The normalized spacial score (nSPS) is 12.3. The number of hydrogen-bond donors (Lipinski definition) is 6. The summed E-state index contributed by atoms with van der Waals surface area (Å²) in [6.45, 7) is 4.01. The molecule has 0 amide bonds. The first-order valence-electron chi connectivity index (χ1n) is 23.0. The zero-order valence-corrected chi connectivity index (χ0v) is 45.5. The van der Waals surface area contributed by atoms with Gasteiger partial charge in [0.05, 0.1) is 48.9 Å². The minimum atomic E-state index is -4.88. The van der Waals surface area contributed by atoms with Crippen molar-refractivity contribution in [2.45, 2.75) is 28.5 Å². The lowest BCUT2D eigenvalue weighted by Crippen LogP contribution is -2.22. The van der Waals surface area contributed by atoms with Gasteiger partial charge in [-0.15, -0.1) is 10.2 Å². The van der Waals surface area contributed by atoms with Crippen molar-refractivity contribution in [2.75, 3.05) is 41.9 Å². The monoisotopic (exact) mass is 1160 g/mol. The molecule has 0 unspecified atom stereocenters. The highest BCUT2D eigenvalue weighted by molar-refractivity contribution is 7.91. The largest absolute Gasteiger partial charge is 0.505 e. The molecule has 0 aliphatic carbocycles. The van der Waals surface area contributed by atoms with E-state index in [2.05, 4.69) is 61.0 Å². The van der Waals surface area contributed by atoms with E-state index >= 15 is 0 Å². The van der Waals surface area contributed by atoms with Gasteiger partial charge in [-0.05, 0) is 147 Å². The molecule has 0 saturated heterocycles. The molecule has 2 aromatic heterocycles. The van der Waals surface area contributed by atoms with Gasteiger partial charge in [-0.25, -0.2) is 13.3 Å². The molecule has 0 radical (unpaired) electrons. The Bertz CT molecular complexity index is 4050. The fraction of sp³-hybridized carbons (Fsp3) is 0.120. The van der Waals surface area contributed by atoms with E-state index < -0.39 is 85.7 Å². The molecule has 9 rings (SSSR count). The smallest absolute Gasteiger partial charge is 0.294 e. The first-order chi connectivity index (χ1) is 37.4. The Balaban J connectivity index is 1.18. The van der Waals surface area contributed by atoms with E-state index in [0.717, 1.165) is 40.3 Å². The zero-order chi connectivity index (χ0) is 56.6. The van der Waals surface area contributed by atoms with Crippen molar-refractivity contribution >= 4 is 138 Å². The number of aryl methyl sites for hydroxylation is 2. The summed E-state index contributed by atoms with van der Waals surface area (Å²) in [5, 5.41) is 45.1. The number of halogens is 2. The molecule has 0 saturated carbocycles. The number of sulfone groups is 1. The van der Waals surface area contributed by atoms with Gasteiger partial charge in [-0.1, -0.05) is 47.5 Å². The number of phenolic OH excluding ortho intramolecular Hbond substituents is 2. The van der Waals surface area contributed by atoms with Gasteiger partial charge >= 0.3 is 0 Å². The second-order valence-electron chi connectivity index (χ2n) is 17.7. The zero-order valence-electron chi connectivity index (χ0n) is 41.5. The van der Waals surface area contributed by atoms with Crippen LogP contribution in [0.2, 0.25) is 10.6 Å². The van der Waals surface area contributed by atoms with E-state index in [4.69, 9.17) is 23.2 Å². The molecular formula is C50H42Cl2N14O10S3. The van der Waals surface area contributed by atoms with Crippen LogP contribution in [-0.2, 0) is 30.1 Å². The van der Waals surface area contributed by atoms with Gasteiger partial charge in [0.15, 0.2) is 21.3 Å². The van der Waals surface area contributed by atoms with E-state index in [9.17, 15) is 44.6 Å². The van der Waals surface area contributed by atoms with E-state index in [-0.39, 0.29) is 67.2 Å². The number of anilines is 7. The first kappa shape index (κ1) is 55.3. The Morgan fingerprint density at radius 3 is 1.33 bits per heavy atom. The van der Waals surface area contributed by atoms with Crippen molar-refractivity contribution < 1.29 is 44.6 Å². The number of aromatic nitrogens is 6. The number of aromatic hydroxyl groups is 2. The standard InChI is InChI=1S/C50H42Cl2N14O10S3/c1-27-5-11-31(12-6-27)61-63-37-19-9-29-23-35(78(71,72)73)25-39(41(29)43(37)67)53-47-55-45(51)57-49(59-47)66(33-15-17-34(18-16-33)77(69,70)22-21-65(3)4)50-58-46(52)56-48(60-50)54-40-26-36(79(74,75)76)24-30-10-20-38(44(68)42(30)40)64-62-32-13-7-28(2)8-14-32/h5-20,23-26,67-68H,21-22H2,1-4H3,(H,71,72,73)(H,74,75,76)(H,53,55,57,59)(H,54,56,58,60). The topological polar surface area (TPSA) is 341 Å².